The molecule has 0 saturated carbocycles. The van der Waals surface area contributed by atoms with Gasteiger partial charge in [0.15, 0.2) is 0 Å². The Hall–Kier alpha value is -2.26. The normalized spacial score (nSPS) is 11.6. The molecule has 1 amide bonds. The van der Waals surface area contributed by atoms with Crippen LogP contribution in [0.25, 0.3) is 0 Å². The van der Waals surface area contributed by atoms with Crippen LogP contribution in [0.15, 0.2) is 34.8 Å². The first kappa shape index (κ1) is 19.5. The number of carbonyl (C=O) groups excluding carboxylic acids is 1. The van der Waals surface area contributed by atoms with Gasteiger partial charge in [-0.1, -0.05) is 30.0 Å². The molecule has 3 rings (SSSR count). The molecule has 0 bridgehead atoms. The fourth-order valence-corrected chi connectivity index (χ4v) is 4.22. The number of hydrogen-bond acceptors (Lipinski definition) is 7. The standard InChI is InChI=1S/C18H22N6OS2/c1-12-7-5-6-8-14(12)20-15(25)9-16-19-13(10-26-16)11-27-17-21-22-23-24(17)18(2,3)4/h5-8,10H,9,11H2,1-4H3,(H,20,25). The highest BCUT2D eigenvalue weighted by Gasteiger charge is 2.20. The van der Waals surface area contributed by atoms with Gasteiger partial charge in [0.25, 0.3) is 0 Å². The summed E-state index contributed by atoms with van der Waals surface area (Å²) in [6, 6.07) is 7.73. The summed E-state index contributed by atoms with van der Waals surface area (Å²) in [7, 11) is 0. The monoisotopic (exact) mass is 402 g/mol. The molecular weight excluding hydrogens is 380 g/mol. The number of nitrogens with one attached hydrogen (secondary N) is 1. The van der Waals surface area contributed by atoms with Crippen LogP contribution < -0.4 is 5.32 Å². The second-order valence-corrected chi connectivity index (χ2v) is 8.99. The van der Waals surface area contributed by atoms with Gasteiger partial charge in [-0.15, -0.1) is 16.4 Å². The van der Waals surface area contributed by atoms with Gasteiger partial charge in [-0.3, -0.25) is 4.79 Å². The number of hydrogen-bond donors (Lipinski definition) is 1. The van der Waals surface area contributed by atoms with E-state index in [2.05, 4.69) is 46.6 Å². The van der Waals surface area contributed by atoms with Crippen molar-refractivity contribution < 1.29 is 4.79 Å². The van der Waals surface area contributed by atoms with Gasteiger partial charge in [0.1, 0.15) is 5.01 Å². The number of rotatable bonds is 6. The molecule has 2 heterocycles. The molecule has 0 aliphatic carbocycles. The van der Waals surface area contributed by atoms with E-state index < -0.39 is 0 Å². The van der Waals surface area contributed by atoms with Crippen molar-refractivity contribution in [1.82, 2.24) is 25.2 Å². The molecule has 7 nitrogen and oxygen atoms in total. The number of aromatic nitrogens is 5. The Kier molecular flexibility index (Phi) is 5.91. The average Bonchev–Trinajstić information content (AvgIpc) is 3.23. The zero-order chi connectivity index (χ0) is 19.4. The smallest absolute Gasteiger partial charge is 0.231 e. The largest absolute Gasteiger partial charge is 0.325 e. The lowest BCUT2D eigenvalue weighted by Gasteiger charge is -2.19. The summed E-state index contributed by atoms with van der Waals surface area (Å²) < 4.78 is 1.81. The number of thiazole rings is 1. The Balaban J connectivity index is 1.57. The second-order valence-electron chi connectivity index (χ2n) is 7.11. The van der Waals surface area contributed by atoms with Crippen molar-refractivity contribution in [3.63, 3.8) is 0 Å². The molecule has 1 N–H and O–H groups in total. The van der Waals surface area contributed by atoms with E-state index in [1.807, 2.05) is 36.6 Å². The number of tetrazole rings is 1. The van der Waals surface area contributed by atoms with Crippen molar-refractivity contribution in [2.75, 3.05) is 5.32 Å². The van der Waals surface area contributed by atoms with Gasteiger partial charge in [-0.05, 0) is 49.8 Å². The van der Waals surface area contributed by atoms with Crippen molar-refractivity contribution in [3.05, 3.63) is 45.9 Å². The van der Waals surface area contributed by atoms with Crippen LogP contribution in [0.1, 0.15) is 37.0 Å². The molecule has 2 aromatic heterocycles. The van der Waals surface area contributed by atoms with E-state index in [-0.39, 0.29) is 17.9 Å². The van der Waals surface area contributed by atoms with Crippen LogP contribution in [0.4, 0.5) is 5.69 Å². The fraction of sp³-hybridized carbons (Fsp3) is 0.389. The van der Waals surface area contributed by atoms with Crippen molar-refractivity contribution >= 4 is 34.7 Å². The number of amides is 1. The Morgan fingerprint density at radius 2 is 2.07 bits per heavy atom. The topological polar surface area (TPSA) is 85.6 Å². The minimum Gasteiger partial charge on any atom is -0.325 e. The quantitative estimate of drug-likeness (QED) is 0.633. The molecule has 142 valence electrons. The number of para-hydroxylation sites is 1. The maximum atomic E-state index is 12.3. The molecule has 1 aromatic carbocycles. The molecule has 0 aliphatic rings. The summed E-state index contributed by atoms with van der Waals surface area (Å²) in [5.74, 6) is 0.598. The molecule has 0 saturated heterocycles. The van der Waals surface area contributed by atoms with Crippen LogP contribution in [-0.4, -0.2) is 31.1 Å². The van der Waals surface area contributed by atoms with E-state index in [0.717, 1.165) is 27.1 Å². The molecule has 0 radical (unpaired) electrons. The molecule has 3 aromatic rings. The highest BCUT2D eigenvalue weighted by Crippen LogP contribution is 2.25. The van der Waals surface area contributed by atoms with Gasteiger partial charge in [0.2, 0.25) is 11.1 Å². The first-order chi connectivity index (χ1) is 12.8. The Labute approximate surface area is 166 Å². The van der Waals surface area contributed by atoms with Gasteiger partial charge in [0, 0.05) is 16.8 Å². The Morgan fingerprint density at radius 3 is 2.81 bits per heavy atom. The third kappa shape index (κ3) is 5.14. The zero-order valence-corrected chi connectivity index (χ0v) is 17.4. The van der Waals surface area contributed by atoms with Crippen molar-refractivity contribution in [3.8, 4) is 0 Å². The maximum Gasteiger partial charge on any atom is 0.231 e. The van der Waals surface area contributed by atoms with Gasteiger partial charge in [-0.25, -0.2) is 9.67 Å². The minimum atomic E-state index is -0.174. The average molecular weight is 403 g/mol. The molecular formula is C18H22N6OS2. The summed E-state index contributed by atoms with van der Waals surface area (Å²) in [6.07, 6.45) is 0.267. The van der Waals surface area contributed by atoms with Gasteiger partial charge in [-0.2, -0.15) is 0 Å². The van der Waals surface area contributed by atoms with E-state index in [4.69, 9.17) is 0 Å². The second kappa shape index (κ2) is 8.18. The molecule has 0 unspecified atom stereocenters. The number of nitrogens with zero attached hydrogens (tertiary/aromatic N) is 5. The molecule has 0 fully saturated rings. The van der Waals surface area contributed by atoms with E-state index in [9.17, 15) is 4.79 Å². The number of anilines is 1. The van der Waals surface area contributed by atoms with Crippen LogP contribution >= 0.6 is 23.1 Å². The number of benzene rings is 1. The highest BCUT2D eigenvalue weighted by atomic mass is 32.2. The lowest BCUT2D eigenvalue weighted by atomic mass is 10.1. The highest BCUT2D eigenvalue weighted by molar-refractivity contribution is 7.98. The first-order valence-corrected chi connectivity index (χ1v) is 10.4. The van der Waals surface area contributed by atoms with E-state index >= 15 is 0 Å². The molecule has 0 aliphatic heterocycles. The Bertz CT molecular complexity index is 928. The summed E-state index contributed by atoms with van der Waals surface area (Å²) in [6.45, 7) is 8.14. The summed E-state index contributed by atoms with van der Waals surface area (Å²) in [5.41, 5.74) is 2.63. The zero-order valence-electron chi connectivity index (χ0n) is 15.8. The van der Waals surface area contributed by atoms with E-state index in [1.54, 1.807) is 16.4 Å². The van der Waals surface area contributed by atoms with Crippen LogP contribution in [-0.2, 0) is 22.5 Å². The first-order valence-electron chi connectivity index (χ1n) is 8.53. The number of carbonyl (C=O) groups is 1. The lowest BCUT2D eigenvalue weighted by Crippen LogP contribution is -2.24. The van der Waals surface area contributed by atoms with Gasteiger partial charge >= 0.3 is 0 Å². The van der Waals surface area contributed by atoms with Gasteiger partial charge in [0.05, 0.1) is 17.7 Å². The Morgan fingerprint density at radius 1 is 1.30 bits per heavy atom. The predicted molar refractivity (Wildman–Crippen MR) is 108 cm³/mol. The summed E-state index contributed by atoms with van der Waals surface area (Å²) >= 11 is 3.04. The van der Waals surface area contributed by atoms with Crippen LogP contribution in [0, 0.1) is 6.92 Å². The minimum absolute atomic E-state index is 0.0606. The number of aryl methyl sites for hydroxylation is 1. The summed E-state index contributed by atoms with van der Waals surface area (Å²) in [4.78, 5) is 16.8. The van der Waals surface area contributed by atoms with Crippen LogP contribution in [0.5, 0.6) is 0 Å². The third-order valence-corrected chi connectivity index (χ3v) is 5.61. The molecule has 0 spiro atoms. The van der Waals surface area contributed by atoms with Crippen molar-refractivity contribution in [1.29, 1.82) is 0 Å². The molecule has 9 heteroatoms. The third-order valence-electron chi connectivity index (χ3n) is 3.76. The van der Waals surface area contributed by atoms with Crippen molar-refractivity contribution in [2.24, 2.45) is 0 Å². The molecule has 0 atom stereocenters. The van der Waals surface area contributed by atoms with Crippen molar-refractivity contribution in [2.45, 2.75) is 50.6 Å². The summed E-state index contributed by atoms with van der Waals surface area (Å²) in [5, 5.41) is 18.4. The maximum absolute atomic E-state index is 12.3. The fourth-order valence-electron chi connectivity index (χ4n) is 2.37. The lowest BCUT2D eigenvalue weighted by molar-refractivity contribution is -0.115. The molecule has 27 heavy (non-hydrogen) atoms. The SMILES string of the molecule is Cc1ccccc1NC(=O)Cc1nc(CSc2nnnn2C(C)(C)C)cs1. The van der Waals surface area contributed by atoms with Crippen LogP contribution in [0.2, 0.25) is 0 Å². The van der Waals surface area contributed by atoms with E-state index in [0.29, 0.717) is 5.75 Å². The van der Waals surface area contributed by atoms with Gasteiger partial charge < -0.3 is 5.32 Å². The van der Waals surface area contributed by atoms with E-state index in [1.165, 1.54) is 11.3 Å². The predicted octanol–water partition coefficient (Wildman–Crippen LogP) is 3.67. The number of thioether (sulfide) groups is 1. The van der Waals surface area contributed by atoms with Crippen LogP contribution in [0.3, 0.4) is 0 Å².